The van der Waals surface area contributed by atoms with E-state index in [4.69, 9.17) is 27.2 Å². The Morgan fingerprint density at radius 1 is 1.08 bits per heavy atom. The van der Waals surface area contributed by atoms with Crippen LogP contribution in [-0.4, -0.2) is 37.5 Å². The Labute approximate surface area is 140 Å². The maximum atomic E-state index is 12.7. The number of phosphoric acid groups is 2. The summed E-state index contributed by atoms with van der Waals surface area (Å²) in [6, 6.07) is -0.760. The zero-order valence-electron chi connectivity index (χ0n) is 12.2. The summed E-state index contributed by atoms with van der Waals surface area (Å²) < 4.78 is 53.7. The van der Waals surface area contributed by atoms with E-state index < -0.39 is 39.4 Å². The number of nitrogens with zero attached hydrogens (tertiary/aromatic N) is 5. The molecule has 3 fully saturated rings. The molecule has 9 heterocycles. The molecule has 9 rings (SSSR count). The van der Waals surface area contributed by atoms with Crippen LogP contribution >= 0.6 is 15.6 Å². The summed E-state index contributed by atoms with van der Waals surface area (Å²) in [6.45, 7) is 1.05. The minimum Gasteiger partial charge on any atom is -0.348 e. The second-order valence-corrected chi connectivity index (χ2v) is 8.20. The Morgan fingerprint density at radius 2 is 1.81 bits per heavy atom. The molecule has 2 amide bonds. The number of hydrogen-bond donors (Lipinski definition) is 0. The average molecular weight is 403 g/mol. The maximum absolute atomic E-state index is 12.7. The molecular formula is C9H3N5O10P2. The van der Waals surface area contributed by atoms with Gasteiger partial charge in [0, 0.05) is 6.92 Å². The van der Waals surface area contributed by atoms with Gasteiger partial charge in [-0.05, 0) is 0 Å². The number of imidazole rings is 1. The van der Waals surface area contributed by atoms with Crippen LogP contribution in [0.2, 0.25) is 0 Å². The topological polar surface area (TPSA) is 170 Å². The van der Waals surface area contributed by atoms with Crippen molar-refractivity contribution in [2.24, 2.45) is 0 Å². The zero-order chi connectivity index (χ0) is 18.1. The molecule has 0 spiro atoms. The number of aromatic nitrogens is 4. The molecule has 26 heavy (non-hydrogen) atoms. The van der Waals surface area contributed by atoms with E-state index in [0.717, 1.165) is 11.7 Å². The lowest BCUT2D eigenvalue weighted by Crippen LogP contribution is -2.67. The standard InChI is InChI=1S/C9H3N5O10P2/c1-2(15)13(6(16)9-21-26(18,22-9)23-9)5-3-4-10-7(12-5)19-25(17)20-8(11-4)14(3)24-25/h1H3. The van der Waals surface area contributed by atoms with Crippen molar-refractivity contribution in [1.82, 2.24) is 19.7 Å². The third kappa shape index (κ3) is 1.53. The van der Waals surface area contributed by atoms with Gasteiger partial charge in [0.25, 0.3) is 0 Å². The summed E-state index contributed by atoms with van der Waals surface area (Å²) in [7, 11) is -7.74. The fraction of sp³-hybridized carbons (Fsp3) is 0.222. The van der Waals surface area contributed by atoms with E-state index in [2.05, 4.69) is 15.0 Å². The second-order valence-electron chi connectivity index (χ2n) is 5.34. The lowest BCUT2D eigenvalue weighted by molar-refractivity contribution is -0.398. The van der Waals surface area contributed by atoms with E-state index in [-0.39, 0.29) is 23.0 Å². The molecule has 8 bridgehead atoms. The summed E-state index contributed by atoms with van der Waals surface area (Å²) in [5.41, 5.74) is -0.148. The molecule has 15 nitrogen and oxygen atoms in total. The highest BCUT2D eigenvalue weighted by Gasteiger charge is 2.80. The van der Waals surface area contributed by atoms with Crippen molar-refractivity contribution < 1.29 is 46.0 Å². The van der Waals surface area contributed by atoms with Crippen LogP contribution in [0.15, 0.2) is 0 Å². The van der Waals surface area contributed by atoms with Gasteiger partial charge >= 0.3 is 39.5 Å². The first kappa shape index (κ1) is 14.6. The van der Waals surface area contributed by atoms with Gasteiger partial charge in [-0.15, -0.1) is 4.73 Å². The molecule has 7 aliphatic rings. The largest absolute Gasteiger partial charge is 0.671 e. The van der Waals surface area contributed by atoms with Crippen LogP contribution in [0.25, 0.3) is 11.2 Å². The fourth-order valence-electron chi connectivity index (χ4n) is 2.69. The Balaban J connectivity index is 1.56. The van der Waals surface area contributed by atoms with Crippen LogP contribution in [0.5, 0.6) is 12.0 Å². The molecule has 17 heteroatoms. The van der Waals surface area contributed by atoms with Crippen LogP contribution in [-0.2, 0) is 32.3 Å². The molecule has 1 unspecified atom stereocenters. The fourth-order valence-corrected chi connectivity index (χ4v) is 4.90. The zero-order valence-corrected chi connectivity index (χ0v) is 14.0. The first-order valence-corrected chi connectivity index (χ1v) is 9.70. The van der Waals surface area contributed by atoms with E-state index in [1.54, 1.807) is 0 Å². The number of phosphoric ester groups is 2. The molecule has 3 saturated heterocycles. The number of fused-ring (bicyclic) bond motifs is 1. The molecule has 0 saturated carbocycles. The van der Waals surface area contributed by atoms with Gasteiger partial charge in [-0.2, -0.15) is 19.5 Å². The quantitative estimate of drug-likeness (QED) is 0.608. The summed E-state index contributed by atoms with van der Waals surface area (Å²) in [5, 5.41) is 0. The highest BCUT2D eigenvalue weighted by molar-refractivity contribution is 7.52. The van der Waals surface area contributed by atoms with Gasteiger partial charge in [-0.1, -0.05) is 0 Å². The lowest BCUT2D eigenvalue weighted by atomic mass is 10.3. The number of rotatable bonds is 2. The van der Waals surface area contributed by atoms with Crippen LogP contribution in [0.3, 0.4) is 0 Å². The van der Waals surface area contributed by atoms with Gasteiger partial charge < -0.3 is 9.05 Å². The van der Waals surface area contributed by atoms with Gasteiger partial charge in [0.1, 0.15) is 0 Å². The normalized spacial score (nSPS) is 34.3. The van der Waals surface area contributed by atoms with Crippen LogP contribution in [0.4, 0.5) is 5.82 Å². The Kier molecular flexibility index (Phi) is 2.18. The number of hydrogen-bond acceptors (Lipinski definition) is 13. The third-order valence-corrected chi connectivity index (χ3v) is 6.19. The van der Waals surface area contributed by atoms with Gasteiger partial charge in [0.15, 0.2) is 17.0 Å². The van der Waals surface area contributed by atoms with E-state index in [1.165, 1.54) is 0 Å². The molecule has 0 N–H and O–H groups in total. The minimum atomic E-state index is -4.06. The predicted molar refractivity (Wildman–Crippen MR) is 72.5 cm³/mol. The number of carbonyl (C=O) groups is 2. The smallest absolute Gasteiger partial charge is 0.348 e. The van der Waals surface area contributed by atoms with Gasteiger partial charge in [-0.3, -0.25) is 14.2 Å². The highest BCUT2D eigenvalue weighted by atomic mass is 31.2. The highest BCUT2D eigenvalue weighted by Crippen LogP contribution is 2.80. The second kappa shape index (κ2) is 3.89. The van der Waals surface area contributed by atoms with E-state index in [9.17, 15) is 18.7 Å². The third-order valence-electron chi connectivity index (χ3n) is 3.66. The summed E-state index contributed by atoms with van der Waals surface area (Å²) in [5.74, 6) is -4.59. The molecule has 134 valence electrons. The van der Waals surface area contributed by atoms with Gasteiger partial charge in [-0.25, -0.2) is 23.0 Å². The van der Waals surface area contributed by atoms with Crippen molar-refractivity contribution in [3.8, 4) is 12.0 Å². The van der Waals surface area contributed by atoms with Crippen molar-refractivity contribution >= 4 is 44.4 Å². The molecule has 0 aromatic carbocycles. The molecule has 2 aromatic rings. The minimum absolute atomic E-state index is 0.0573. The first-order chi connectivity index (χ1) is 12.2. The Bertz CT molecular complexity index is 1160. The number of amides is 2. The van der Waals surface area contributed by atoms with Crippen molar-refractivity contribution in [3.05, 3.63) is 0 Å². The van der Waals surface area contributed by atoms with Gasteiger partial charge in [0.05, 0.1) is 0 Å². The Morgan fingerprint density at radius 3 is 2.46 bits per heavy atom. The maximum Gasteiger partial charge on any atom is 0.671 e. The van der Waals surface area contributed by atoms with E-state index in [1.807, 2.05) is 0 Å². The molecule has 1 atom stereocenters. The van der Waals surface area contributed by atoms with Crippen LogP contribution < -0.4 is 18.6 Å². The lowest BCUT2D eigenvalue weighted by Gasteiger charge is -2.53. The number of anilines is 1. The predicted octanol–water partition coefficient (Wildman–Crippen LogP) is -0.134. The molecule has 2 aromatic heterocycles. The Hall–Kier alpha value is -2.57. The number of carbonyl (C=O) groups excluding carboxylic acids is 2. The average Bonchev–Trinajstić information content (AvgIpc) is 2.95. The van der Waals surface area contributed by atoms with E-state index in [0.29, 0.717) is 4.90 Å². The molecule has 0 radical (unpaired) electrons. The van der Waals surface area contributed by atoms with E-state index >= 15 is 0 Å². The summed E-state index contributed by atoms with van der Waals surface area (Å²) in [6.07, 6.45) is 0. The van der Waals surface area contributed by atoms with Crippen molar-refractivity contribution in [3.63, 3.8) is 0 Å². The number of imide groups is 1. The monoisotopic (exact) mass is 403 g/mol. The van der Waals surface area contributed by atoms with Gasteiger partial charge in [0.2, 0.25) is 5.91 Å². The van der Waals surface area contributed by atoms with Crippen molar-refractivity contribution in [1.29, 1.82) is 0 Å². The molecular weight excluding hydrogens is 400 g/mol. The SMILES string of the molecule is CC(=O)N(C(=O)C12OP(=O)(O1)O2)c1nc2nc3nc4n(c13)OP(=O)(O2)O4. The first-order valence-electron chi connectivity index (χ1n) is 6.78. The molecule has 7 aliphatic heterocycles. The summed E-state index contributed by atoms with van der Waals surface area (Å²) in [4.78, 5) is 37.1. The van der Waals surface area contributed by atoms with Crippen LogP contribution in [0, 0.1) is 0 Å². The van der Waals surface area contributed by atoms with Crippen molar-refractivity contribution in [2.75, 3.05) is 4.90 Å². The molecule has 0 aliphatic carbocycles. The van der Waals surface area contributed by atoms with Crippen molar-refractivity contribution in [2.45, 2.75) is 12.9 Å². The summed E-state index contributed by atoms with van der Waals surface area (Å²) >= 11 is 0. The van der Waals surface area contributed by atoms with Crippen LogP contribution in [0.1, 0.15) is 6.92 Å².